The first-order chi connectivity index (χ1) is 14.8. The summed E-state index contributed by atoms with van der Waals surface area (Å²) in [6.45, 7) is 15.3. The van der Waals surface area contributed by atoms with Crippen molar-refractivity contribution in [3.63, 3.8) is 0 Å². The molecule has 0 fully saturated rings. The summed E-state index contributed by atoms with van der Waals surface area (Å²) in [4.78, 5) is 0. The lowest BCUT2D eigenvalue weighted by atomic mass is 9.82. The molecule has 31 heavy (non-hydrogen) atoms. The van der Waals surface area contributed by atoms with Crippen molar-refractivity contribution in [3.05, 3.63) is 77.1 Å². The van der Waals surface area contributed by atoms with E-state index in [4.69, 9.17) is 0 Å². The third kappa shape index (κ3) is 7.13. The zero-order chi connectivity index (χ0) is 23.0. The summed E-state index contributed by atoms with van der Waals surface area (Å²) < 4.78 is 14.0. The monoisotopic (exact) mass is 419 g/mol. The standard InChI is InChI=1S/C28H39BFN/c1-7-9-10-11-13-21(5)28-26(20(4)12-8-2)14-19(3)15-27(28)22(6)31-25-17-23(29)16-24(30)18-25/h8,12,14-18,21-22,31H,4,7,9-11,13,29H2,1-3,5-6H3/b12-8-. The van der Waals surface area contributed by atoms with E-state index in [9.17, 15) is 4.39 Å². The Kier molecular flexibility index (Phi) is 9.61. The summed E-state index contributed by atoms with van der Waals surface area (Å²) >= 11 is 0. The van der Waals surface area contributed by atoms with E-state index in [0.29, 0.717) is 5.92 Å². The van der Waals surface area contributed by atoms with Gasteiger partial charge in [0.15, 0.2) is 0 Å². The van der Waals surface area contributed by atoms with Crippen LogP contribution < -0.4 is 10.8 Å². The molecule has 2 aromatic carbocycles. The number of unbranched alkanes of at least 4 members (excludes halogenated alkanes) is 3. The molecule has 0 saturated heterocycles. The van der Waals surface area contributed by atoms with E-state index in [1.165, 1.54) is 47.9 Å². The fourth-order valence-corrected chi connectivity index (χ4v) is 4.46. The van der Waals surface area contributed by atoms with Crippen LogP contribution in [0.15, 0.2) is 49.1 Å². The number of halogens is 1. The molecule has 0 bridgehead atoms. The Morgan fingerprint density at radius 1 is 1.13 bits per heavy atom. The van der Waals surface area contributed by atoms with Gasteiger partial charge in [0.2, 0.25) is 0 Å². The van der Waals surface area contributed by atoms with E-state index < -0.39 is 0 Å². The Labute approximate surface area is 190 Å². The van der Waals surface area contributed by atoms with Gasteiger partial charge in [-0.15, -0.1) is 0 Å². The second-order valence-electron chi connectivity index (χ2n) is 8.97. The maximum absolute atomic E-state index is 14.0. The molecule has 0 aliphatic heterocycles. The van der Waals surface area contributed by atoms with Crippen molar-refractivity contribution in [2.45, 2.75) is 78.7 Å². The zero-order valence-electron chi connectivity index (χ0n) is 20.3. The maximum Gasteiger partial charge on any atom is 0.139 e. The number of benzene rings is 2. The normalized spacial score (nSPS) is 13.4. The third-order valence-corrected chi connectivity index (χ3v) is 5.95. The van der Waals surface area contributed by atoms with Crippen LogP contribution in [0.25, 0.3) is 5.57 Å². The Morgan fingerprint density at radius 2 is 1.87 bits per heavy atom. The summed E-state index contributed by atoms with van der Waals surface area (Å²) in [5.74, 6) is 0.230. The van der Waals surface area contributed by atoms with Gasteiger partial charge in [-0.1, -0.05) is 81.4 Å². The van der Waals surface area contributed by atoms with E-state index in [1.807, 2.05) is 20.8 Å². The molecule has 2 aromatic rings. The lowest BCUT2D eigenvalue weighted by Gasteiger charge is -2.27. The Morgan fingerprint density at radius 3 is 2.52 bits per heavy atom. The fraction of sp³-hybridized carbons (Fsp3) is 0.429. The first-order valence-corrected chi connectivity index (χ1v) is 11.8. The molecular weight excluding hydrogens is 380 g/mol. The van der Waals surface area contributed by atoms with Crippen molar-refractivity contribution in [3.8, 4) is 0 Å². The molecular formula is C28H39BFN. The van der Waals surface area contributed by atoms with Crippen molar-refractivity contribution >= 4 is 24.6 Å². The number of rotatable bonds is 11. The molecule has 2 rings (SSSR count). The molecule has 0 spiro atoms. The van der Waals surface area contributed by atoms with Crippen molar-refractivity contribution in [1.82, 2.24) is 0 Å². The third-order valence-electron chi connectivity index (χ3n) is 5.95. The highest BCUT2D eigenvalue weighted by Gasteiger charge is 2.21. The summed E-state index contributed by atoms with van der Waals surface area (Å²) in [5.41, 5.74) is 7.91. The summed E-state index contributed by atoms with van der Waals surface area (Å²) in [6.07, 6.45) is 10.4. The van der Waals surface area contributed by atoms with Gasteiger partial charge in [0.05, 0.1) is 0 Å². The predicted molar refractivity (Wildman–Crippen MR) is 139 cm³/mol. The molecule has 1 N–H and O–H groups in total. The molecule has 0 heterocycles. The molecule has 0 radical (unpaired) electrons. The first-order valence-electron chi connectivity index (χ1n) is 11.8. The van der Waals surface area contributed by atoms with Crippen LogP contribution in [-0.4, -0.2) is 7.85 Å². The van der Waals surface area contributed by atoms with Crippen molar-refractivity contribution < 1.29 is 4.39 Å². The largest absolute Gasteiger partial charge is 0.378 e. The Balaban J connectivity index is 2.46. The minimum atomic E-state index is -0.203. The maximum atomic E-state index is 14.0. The second-order valence-corrected chi connectivity index (χ2v) is 8.97. The number of aryl methyl sites for hydroxylation is 1. The number of allylic oxidation sites excluding steroid dienone is 3. The molecule has 2 atom stereocenters. The van der Waals surface area contributed by atoms with E-state index in [0.717, 1.165) is 23.1 Å². The minimum Gasteiger partial charge on any atom is -0.378 e. The minimum absolute atomic E-state index is 0.0614. The number of hydrogen-bond donors (Lipinski definition) is 1. The number of hydrogen-bond acceptors (Lipinski definition) is 1. The van der Waals surface area contributed by atoms with Gasteiger partial charge in [-0.25, -0.2) is 4.39 Å². The number of nitrogens with one attached hydrogen (secondary N) is 1. The van der Waals surface area contributed by atoms with Crippen LogP contribution in [0.2, 0.25) is 0 Å². The van der Waals surface area contributed by atoms with Gasteiger partial charge < -0.3 is 5.32 Å². The Hall–Kier alpha value is -2.29. The summed E-state index contributed by atoms with van der Waals surface area (Å²) in [5, 5.41) is 3.55. The molecule has 1 nitrogen and oxygen atoms in total. The van der Waals surface area contributed by atoms with Gasteiger partial charge in [0, 0.05) is 11.7 Å². The summed E-state index contributed by atoms with van der Waals surface area (Å²) in [6, 6.07) is 9.75. The van der Waals surface area contributed by atoms with Crippen LogP contribution in [0.4, 0.5) is 10.1 Å². The van der Waals surface area contributed by atoms with Crippen LogP contribution in [0, 0.1) is 12.7 Å². The lowest BCUT2D eigenvalue weighted by Crippen LogP contribution is -2.15. The van der Waals surface area contributed by atoms with E-state index in [1.54, 1.807) is 12.1 Å². The molecule has 0 aliphatic carbocycles. The Bertz CT molecular complexity index is 895. The molecule has 0 saturated carbocycles. The van der Waals surface area contributed by atoms with Gasteiger partial charge in [-0.2, -0.15) is 0 Å². The van der Waals surface area contributed by atoms with E-state index in [2.05, 4.69) is 63.9 Å². The van der Waals surface area contributed by atoms with Crippen LogP contribution >= 0.6 is 0 Å². The van der Waals surface area contributed by atoms with Gasteiger partial charge in [0.1, 0.15) is 13.7 Å². The lowest BCUT2D eigenvalue weighted by molar-refractivity contribution is 0.575. The zero-order valence-corrected chi connectivity index (χ0v) is 20.3. The summed E-state index contributed by atoms with van der Waals surface area (Å²) in [7, 11) is 1.93. The van der Waals surface area contributed by atoms with E-state index >= 15 is 0 Å². The van der Waals surface area contributed by atoms with Gasteiger partial charge >= 0.3 is 0 Å². The highest BCUT2D eigenvalue weighted by Crippen LogP contribution is 2.37. The molecule has 0 amide bonds. The van der Waals surface area contributed by atoms with E-state index in [-0.39, 0.29) is 11.9 Å². The van der Waals surface area contributed by atoms with Crippen LogP contribution in [0.5, 0.6) is 0 Å². The second kappa shape index (κ2) is 11.9. The highest BCUT2D eigenvalue weighted by molar-refractivity contribution is 6.32. The fourth-order valence-electron chi connectivity index (χ4n) is 4.46. The average molecular weight is 419 g/mol. The predicted octanol–water partition coefficient (Wildman–Crippen LogP) is 7.23. The van der Waals surface area contributed by atoms with Crippen LogP contribution in [0.3, 0.4) is 0 Å². The van der Waals surface area contributed by atoms with Crippen LogP contribution in [0.1, 0.15) is 94.0 Å². The number of anilines is 1. The molecule has 3 heteroatoms. The van der Waals surface area contributed by atoms with Gasteiger partial charge in [-0.05, 0) is 73.6 Å². The smallest absolute Gasteiger partial charge is 0.139 e. The first kappa shape index (κ1) is 25.0. The molecule has 2 unspecified atom stereocenters. The van der Waals surface area contributed by atoms with Crippen molar-refractivity contribution in [2.24, 2.45) is 0 Å². The molecule has 0 aliphatic rings. The molecule has 0 aromatic heterocycles. The molecule has 166 valence electrons. The average Bonchev–Trinajstić information content (AvgIpc) is 2.69. The topological polar surface area (TPSA) is 12.0 Å². The SMILES string of the molecule is Bc1cc(F)cc(NC(C)c2cc(C)cc(C(=C)/C=C\C)c2C(C)CCCCCC)c1. The van der Waals surface area contributed by atoms with Crippen molar-refractivity contribution in [1.29, 1.82) is 0 Å². The highest BCUT2D eigenvalue weighted by atomic mass is 19.1. The van der Waals surface area contributed by atoms with Gasteiger partial charge in [-0.3, -0.25) is 0 Å². The van der Waals surface area contributed by atoms with Gasteiger partial charge in [0.25, 0.3) is 0 Å². The van der Waals surface area contributed by atoms with Crippen molar-refractivity contribution in [2.75, 3.05) is 5.32 Å². The quantitative estimate of drug-likeness (QED) is 0.230. The van der Waals surface area contributed by atoms with Crippen LogP contribution in [-0.2, 0) is 0 Å².